The van der Waals surface area contributed by atoms with Gasteiger partial charge >= 0.3 is 43.3 Å². The summed E-state index contributed by atoms with van der Waals surface area (Å²) >= 11 is 0. The number of ketones is 1. The minimum absolute atomic E-state index is 0. The summed E-state index contributed by atoms with van der Waals surface area (Å²) in [6, 6.07) is 29.7. The van der Waals surface area contributed by atoms with E-state index in [2.05, 4.69) is 0 Å². The summed E-state index contributed by atoms with van der Waals surface area (Å²) in [4.78, 5) is 37.0. The zero-order valence-electron chi connectivity index (χ0n) is 20.8. The third kappa shape index (κ3) is 8.28. The molecule has 1 atom stereocenters. The molecular weight excluding hydrogens is 514 g/mol. The zero-order chi connectivity index (χ0) is 26.3. The molecule has 0 amide bonds. The van der Waals surface area contributed by atoms with Gasteiger partial charge in [-0.1, -0.05) is 60.7 Å². The van der Waals surface area contributed by atoms with E-state index >= 15 is 0 Å². The minimum atomic E-state index is -4.69. The first-order chi connectivity index (χ1) is 17.8. The number of allylic oxidation sites excluding steroid dienone is 1. The molecule has 4 rings (SSSR count). The topological polar surface area (TPSA) is 102 Å². The summed E-state index contributed by atoms with van der Waals surface area (Å²) in [6.07, 6.45) is 1.76. The van der Waals surface area contributed by atoms with Crippen LogP contribution in [0.5, 0.6) is 17.2 Å². The third-order valence-corrected chi connectivity index (χ3v) is 5.95. The van der Waals surface area contributed by atoms with Crippen molar-refractivity contribution in [2.75, 3.05) is 0 Å². The number of benzene rings is 4. The molecule has 186 valence electrons. The van der Waals surface area contributed by atoms with E-state index in [4.69, 9.17) is 13.8 Å². The fraction of sp³-hybridized carbons (Fsp3) is 0.0345. The van der Waals surface area contributed by atoms with Gasteiger partial charge in [0.15, 0.2) is 5.78 Å². The molecule has 0 spiro atoms. The van der Waals surface area contributed by atoms with Gasteiger partial charge in [-0.25, -0.2) is 4.57 Å². The summed E-state index contributed by atoms with van der Waals surface area (Å²) < 4.78 is 27.3. The van der Waals surface area contributed by atoms with Crippen LogP contribution in [0.25, 0.3) is 11.6 Å². The molecule has 1 unspecified atom stereocenters. The molecule has 0 saturated carbocycles. The van der Waals surface area contributed by atoms with Crippen LogP contribution in [-0.2, 0) is 9.36 Å². The number of carbonyl (C=O) groups excluding carboxylic acids is 2. The van der Waals surface area contributed by atoms with E-state index in [0.717, 1.165) is 5.56 Å². The van der Waals surface area contributed by atoms with Gasteiger partial charge in [0, 0.05) is 18.1 Å². The predicted octanol–water partition coefficient (Wildman–Crippen LogP) is 2.97. The van der Waals surface area contributed by atoms with Crippen LogP contribution in [0.4, 0.5) is 0 Å². The number of rotatable bonds is 9. The molecule has 0 saturated heterocycles. The Bertz CT molecular complexity index is 1450. The molecule has 9 heteroatoms. The first-order valence-corrected chi connectivity index (χ1v) is 12.7. The van der Waals surface area contributed by atoms with Crippen LogP contribution < -0.4 is 48.2 Å². The molecule has 0 bridgehead atoms. The number of ether oxygens (including phenoxy) is 1. The average molecular weight is 536 g/mol. The minimum Gasteiger partial charge on any atom is -0.736 e. The van der Waals surface area contributed by atoms with Crippen LogP contribution in [0.1, 0.15) is 28.4 Å². The Labute approximate surface area is 242 Å². The van der Waals surface area contributed by atoms with E-state index in [1.807, 2.05) is 30.3 Å². The number of carbonyl (C=O) groups is 2. The molecule has 0 fully saturated rings. The number of esters is 1. The number of Topliss-reactive ketones (excluding diaryl/α,β-unsaturated/α-hetero) is 1. The van der Waals surface area contributed by atoms with Gasteiger partial charge in [0.05, 0.1) is 0 Å². The molecule has 0 aliphatic carbocycles. The Morgan fingerprint density at radius 2 is 1.16 bits per heavy atom. The maximum absolute atomic E-state index is 13.5. The van der Waals surface area contributed by atoms with Crippen molar-refractivity contribution < 1.29 is 62.4 Å². The molecule has 38 heavy (non-hydrogen) atoms. The molecule has 0 aliphatic heterocycles. The van der Waals surface area contributed by atoms with E-state index in [-0.39, 0.29) is 46.8 Å². The van der Waals surface area contributed by atoms with E-state index in [1.165, 1.54) is 43.3 Å². The van der Waals surface area contributed by atoms with Crippen molar-refractivity contribution in [2.24, 2.45) is 0 Å². The molecule has 7 nitrogen and oxygen atoms in total. The number of hydrogen-bond acceptors (Lipinski definition) is 7. The standard InChI is InChI=1S/C29H23O7P.Na/c1-21(30)34-25-16-12-23(13-17-25)28(20-22-8-4-2-5-9-22)29(31)24-14-18-27(19-15-24)36-37(32,33)35-26-10-6-3-7-11-26;/h2-20H,1H3,(H,32,33);/q;+1/p-1/b28-20-;. The summed E-state index contributed by atoms with van der Waals surface area (Å²) in [5, 5.41) is 0. The molecule has 0 aliphatic rings. The second kappa shape index (κ2) is 13.4. The molecule has 0 N–H and O–H groups in total. The maximum atomic E-state index is 13.5. The Morgan fingerprint density at radius 1 is 0.684 bits per heavy atom. The Hall–Kier alpha value is -3.45. The maximum Gasteiger partial charge on any atom is 1.00 e. The summed E-state index contributed by atoms with van der Waals surface area (Å²) in [5.74, 6) is -0.235. The van der Waals surface area contributed by atoms with Gasteiger partial charge in [-0.15, -0.1) is 0 Å². The summed E-state index contributed by atoms with van der Waals surface area (Å²) in [5.41, 5.74) is 2.16. The van der Waals surface area contributed by atoms with Crippen molar-refractivity contribution in [3.05, 3.63) is 126 Å². The second-order valence-corrected chi connectivity index (χ2v) is 9.14. The van der Waals surface area contributed by atoms with Crippen molar-refractivity contribution in [1.29, 1.82) is 0 Å². The van der Waals surface area contributed by atoms with Crippen LogP contribution in [0.15, 0.2) is 109 Å². The van der Waals surface area contributed by atoms with Crippen LogP contribution in [0, 0.1) is 0 Å². The van der Waals surface area contributed by atoms with Gasteiger partial charge in [0.2, 0.25) is 0 Å². The van der Waals surface area contributed by atoms with Gasteiger partial charge in [-0.3, -0.25) is 9.59 Å². The summed E-state index contributed by atoms with van der Waals surface area (Å²) in [7, 11) is -4.69. The first kappa shape index (κ1) is 29.1. The van der Waals surface area contributed by atoms with Crippen molar-refractivity contribution in [3.63, 3.8) is 0 Å². The Kier molecular flexibility index (Phi) is 10.2. The third-order valence-electron chi connectivity index (χ3n) is 5.08. The van der Waals surface area contributed by atoms with E-state index in [0.29, 0.717) is 22.4 Å². The van der Waals surface area contributed by atoms with Crippen LogP contribution in [0.2, 0.25) is 0 Å². The Balaban J connectivity index is 0.00000400. The average Bonchev–Trinajstić information content (AvgIpc) is 2.88. The normalized spacial score (nSPS) is 12.4. The molecule has 0 aromatic heterocycles. The van der Waals surface area contributed by atoms with E-state index < -0.39 is 13.8 Å². The van der Waals surface area contributed by atoms with Crippen LogP contribution in [0.3, 0.4) is 0 Å². The van der Waals surface area contributed by atoms with Gasteiger partial charge in [0.25, 0.3) is 0 Å². The molecule has 4 aromatic carbocycles. The fourth-order valence-electron chi connectivity index (χ4n) is 3.45. The Morgan fingerprint density at radius 3 is 1.71 bits per heavy atom. The number of para-hydroxylation sites is 1. The van der Waals surface area contributed by atoms with Crippen molar-refractivity contribution in [2.45, 2.75) is 6.92 Å². The predicted molar refractivity (Wildman–Crippen MR) is 138 cm³/mol. The molecule has 4 aromatic rings. The van der Waals surface area contributed by atoms with Crippen molar-refractivity contribution in [3.8, 4) is 17.2 Å². The number of phosphoric acid groups is 1. The van der Waals surface area contributed by atoms with E-state index in [9.17, 15) is 19.0 Å². The quantitative estimate of drug-likeness (QED) is 0.0617. The molecular formula is C29H22NaO7P. The van der Waals surface area contributed by atoms with Crippen LogP contribution in [-0.4, -0.2) is 11.8 Å². The van der Waals surface area contributed by atoms with Gasteiger partial charge in [0.1, 0.15) is 17.2 Å². The molecule has 0 radical (unpaired) electrons. The van der Waals surface area contributed by atoms with Gasteiger partial charge in [-0.2, -0.15) is 0 Å². The van der Waals surface area contributed by atoms with Crippen molar-refractivity contribution in [1.82, 2.24) is 0 Å². The zero-order valence-corrected chi connectivity index (χ0v) is 23.7. The van der Waals surface area contributed by atoms with Gasteiger partial charge < -0.3 is 18.7 Å². The second-order valence-electron chi connectivity index (χ2n) is 7.88. The summed E-state index contributed by atoms with van der Waals surface area (Å²) in [6.45, 7) is 1.31. The monoisotopic (exact) mass is 536 g/mol. The fourth-order valence-corrected chi connectivity index (χ4v) is 4.24. The molecule has 0 heterocycles. The number of hydrogen-bond donors (Lipinski definition) is 0. The smallest absolute Gasteiger partial charge is 0.736 e. The van der Waals surface area contributed by atoms with E-state index in [1.54, 1.807) is 48.5 Å². The SMILES string of the molecule is CC(=O)Oc1ccc(/C(=C/c2ccccc2)C(=O)c2ccc(OP(=O)([O-])Oc3ccccc3)cc2)cc1.[Na+]. The largest absolute Gasteiger partial charge is 1.00 e. The van der Waals surface area contributed by atoms with Crippen LogP contribution >= 0.6 is 7.82 Å². The van der Waals surface area contributed by atoms with Gasteiger partial charge in [-0.05, 0) is 65.7 Å². The van der Waals surface area contributed by atoms with Crippen molar-refractivity contribution >= 4 is 31.2 Å². The number of phosphoric ester groups is 1. The first-order valence-electron chi connectivity index (χ1n) is 11.2.